The van der Waals surface area contributed by atoms with Gasteiger partial charge in [0, 0.05) is 32.3 Å². The summed E-state index contributed by atoms with van der Waals surface area (Å²) in [6.45, 7) is 2.72. The predicted molar refractivity (Wildman–Crippen MR) is 95.5 cm³/mol. The zero-order valence-corrected chi connectivity index (χ0v) is 14.8. The van der Waals surface area contributed by atoms with E-state index in [1.165, 1.54) is 5.56 Å². The molecule has 2 heterocycles. The number of aliphatic carboxylic acids is 1. The molecule has 3 rings (SSSR count). The van der Waals surface area contributed by atoms with E-state index in [9.17, 15) is 15.0 Å². The van der Waals surface area contributed by atoms with Crippen LogP contribution in [0.1, 0.15) is 37.7 Å². The minimum Gasteiger partial charge on any atom is -0.481 e. The predicted octanol–water partition coefficient (Wildman–Crippen LogP) is 2.33. The Labute approximate surface area is 149 Å². The maximum absolute atomic E-state index is 12.1. The Balaban J connectivity index is 1.66. The van der Waals surface area contributed by atoms with E-state index in [-0.39, 0.29) is 0 Å². The van der Waals surface area contributed by atoms with Gasteiger partial charge in [-0.05, 0) is 44.1 Å². The summed E-state index contributed by atoms with van der Waals surface area (Å²) in [5, 5.41) is 20.5. The van der Waals surface area contributed by atoms with E-state index < -0.39 is 17.5 Å². The van der Waals surface area contributed by atoms with Gasteiger partial charge in [0.25, 0.3) is 0 Å². The molecule has 5 nitrogen and oxygen atoms in total. The molecular formula is C20H29NO4. The largest absolute Gasteiger partial charge is 0.481 e. The van der Waals surface area contributed by atoms with Crippen LogP contribution in [0.3, 0.4) is 0 Å². The number of hydrogen-bond acceptors (Lipinski definition) is 4. The second-order valence-electron chi connectivity index (χ2n) is 7.42. The summed E-state index contributed by atoms with van der Waals surface area (Å²) in [5.74, 6) is -0.857. The van der Waals surface area contributed by atoms with E-state index >= 15 is 0 Å². The van der Waals surface area contributed by atoms with Crippen molar-refractivity contribution in [2.75, 3.05) is 26.3 Å². The van der Waals surface area contributed by atoms with Gasteiger partial charge in [0.1, 0.15) is 5.41 Å². The SMILES string of the molecule is O=C(O)[C@]1(CCCc2ccccc2)CN(C2CCOCC2)CC[C@H]1O. The van der Waals surface area contributed by atoms with Crippen LogP contribution >= 0.6 is 0 Å². The lowest BCUT2D eigenvalue weighted by Crippen LogP contribution is -2.58. The standard InChI is InChI=1S/C20H29NO4/c22-18-8-12-21(17-9-13-25-14-10-17)15-20(18,19(23)24)11-4-7-16-5-2-1-3-6-16/h1-3,5-6,17-18,22H,4,7-15H2,(H,23,24)/t18-,20-/m1/s1. The summed E-state index contributed by atoms with van der Waals surface area (Å²) < 4.78 is 5.43. The van der Waals surface area contributed by atoms with E-state index in [0.717, 1.165) is 45.4 Å². The van der Waals surface area contributed by atoms with Gasteiger partial charge in [-0.1, -0.05) is 30.3 Å². The third-order valence-electron chi connectivity index (χ3n) is 5.88. The zero-order chi connectivity index (χ0) is 17.7. The second-order valence-corrected chi connectivity index (χ2v) is 7.42. The molecule has 138 valence electrons. The number of hydrogen-bond donors (Lipinski definition) is 2. The lowest BCUT2D eigenvalue weighted by Gasteiger charge is -2.47. The summed E-state index contributed by atoms with van der Waals surface area (Å²) >= 11 is 0. The zero-order valence-electron chi connectivity index (χ0n) is 14.8. The number of nitrogens with zero attached hydrogens (tertiary/aromatic N) is 1. The summed E-state index contributed by atoms with van der Waals surface area (Å²) in [4.78, 5) is 14.4. The maximum atomic E-state index is 12.1. The molecule has 2 saturated heterocycles. The first kappa shape index (κ1) is 18.4. The molecule has 25 heavy (non-hydrogen) atoms. The monoisotopic (exact) mass is 347 g/mol. The Morgan fingerprint density at radius 3 is 2.60 bits per heavy atom. The van der Waals surface area contributed by atoms with E-state index in [1.807, 2.05) is 18.2 Å². The van der Waals surface area contributed by atoms with E-state index in [0.29, 0.717) is 25.4 Å². The molecule has 0 spiro atoms. The maximum Gasteiger partial charge on any atom is 0.313 e. The van der Waals surface area contributed by atoms with E-state index in [2.05, 4.69) is 17.0 Å². The molecule has 0 amide bonds. The van der Waals surface area contributed by atoms with Crippen LogP contribution in [0.4, 0.5) is 0 Å². The first-order valence-corrected chi connectivity index (χ1v) is 9.39. The molecule has 0 aliphatic carbocycles. The molecule has 2 atom stereocenters. The highest BCUT2D eigenvalue weighted by atomic mass is 16.5. The Morgan fingerprint density at radius 2 is 1.92 bits per heavy atom. The third kappa shape index (κ3) is 4.22. The number of aliphatic hydroxyl groups is 1. The number of carbonyl (C=O) groups is 1. The van der Waals surface area contributed by atoms with Crippen LogP contribution in [0.15, 0.2) is 30.3 Å². The topological polar surface area (TPSA) is 70.0 Å². The van der Waals surface area contributed by atoms with Gasteiger partial charge in [0.05, 0.1) is 6.10 Å². The van der Waals surface area contributed by atoms with Crippen molar-refractivity contribution in [3.8, 4) is 0 Å². The average molecular weight is 347 g/mol. The first-order valence-electron chi connectivity index (χ1n) is 9.39. The molecule has 2 fully saturated rings. The number of piperidine rings is 1. The summed E-state index contributed by atoms with van der Waals surface area (Å²) in [7, 11) is 0. The Kier molecular flexibility index (Phi) is 6.10. The average Bonchev–Trinajstić information content (AvgIpc) is 2.65. The van der Waals surface area contributed by atoms with Crippen molar-refractivity contribution in [2.45, 2.75) is 50.7 Å². The van der Waals surface area contributed by atoms with Gasteiger partial charge in [0.2, 0.25) is 0 Å². The van der Waals surface area contributed by atoms with Crippen molar-refractivity contribution in [3.05, 3.63) is 35.9 Å². The van der Waals surface area contributed by atoms with E-state index in [1.54, 1.807) is 0 Å². The molecule has 1 aromatic rings. The highest BCUT2D eigenvalue weighted by Crippen LogP contribution is 2.37. The van der Waals surface area contributed by atoms with Gasteiger partial charge in [-0.3, -0.25) is 9.69 Å². The lowest BCUT2D eigenvalue weighted by molar-refractivity contribution is -0.166. The van der Waals surface area contributed by atoms with Crippen molar-refractivity contribution in [1.29, 1.82) is 0 Å². The highest BCUT2D eigenvalue weighted by Gasteiger charge is 2.49. The van der Waals surface area contributed by atoms with Crippen LogP contribution < -0.4 is 0 Å². The molecule has 1 aromatic carbocycles. The Bertz CT molecular complexity index is 558. The van der Waals surface area contributed by atoms with Crippen molar-refractivity contribution in [2.24, 2.45) is 5.41 Å². The first-order chi connectivity index (χ1) is 12.1. The van der Waals surface area contributed by atoms with Crippen molar-refractivity contribution in [1.82, 2.24) is 4.90 Å². The van der Waals surface area contributed by atoms with Crippen LogP contribution in [-0.4, -0.2) is 59.5 Å². The fourth-order valence-corrected chi connectivity index (χ4v) is 4.29. The van der Waals surface area contributed by atoms with E-state index in [4.69, 9.17) is 4.74 Å². The van der Waals surface area contributed by atoms with Gasteiger partial charge in [-0.25, -0.2) is 0 Å². The summed E-state index contributed by atoms with van der Waals surface area (Å²) in [5.41, 5.74) is 0.167. The number of ether oxygens (including phenoxy) is 1. The van der Waals surface area contributed by atoms with Gasteiger partial charge < -0.3 is 14.9 Å². The van der Waals surface area contributed by atoms with Gasteiger partial charge >= 0.3 is 5.97 Å². The molecule has 0 saturated carbocycles. The van der Waals surface area contributed by atoms with Crippen molar-refractivity contribution in [3.63, 3.8) is 0 Å². The lowest BCUT2D eigenvalue weighted by atomic mass is 9.72. The third-order valence-corrected chi connectivity index (χ3v) is 5.88. The van der Waals surface area contributed by atoms with Crippen LogP contribution in [0.5, 0.6) is 0 Å². The molecule has 2 N–H and O–H groups in total. The molecule has 2 aliphatic heterocycles. The fourth-order valence-electron chi connectivity index (χ4n) is 4.29. The van der Waals surface area contributed by atoms with Crippen LogP contribution in [0, 0.1) is 5.41 Å². The highest BCUT2D eigenvalue weighted by molar-refractivity contribution is 5.76. The fraction of sp³-hybridized carbons (Fsp3) is 0.650. The molecule has 2 aliphatic rings. The van der Waals surface area contributed by atoms with Gasteiger partial charge in [-0.2, -0.15) is 0 Å². The quantitative estimate of drug-likeness (QED) is 0.826. The van der Waals surface area contributed by atoms with Crippen LogP contribution in [0.2, 0.25) is 0 Å². The summed E-state index contributed by atoms with van der Waals surface area (Å²) in [6.07, 6.45) is 3.81. The Morgan fingerprint density at radius 1 is 1.20 bits per heavy atom. The minimum absolute atomic E-state index is 0.383. The number of likely N-dealkylation sites (tertiary alicyclic amines) is 1. The molecular weight excluding hydrogens is 318 g/mol. The normalized spacial score (nSPS) is 28.8. The molecule has 5 heteroatoms. The number of aryl methyl sites for hydroxylation is 1. The Hall–Kier alpha value is -1.43. The van der Waals surface area contributed by atoms with Gasteiger partial charge in [-0.15, -0.1) is 0 Å². The number of aliphatic hydroxyl groups excluding tert-OH is 1. The molecule has 0 radical (unpaired) electrons. The van der Waals surface area contributed by atoms with Crippen LogP contribution in [0.25, 0.3) is 0 Å². The minimum atomic E-state index is -1.05. The number of carboxylic acid groups (broad SMARTS) is 1. The van der Waals surface area contributed by atoms with Crippen molar-refractivity contribution >= 4 is 5.97 Å². The second kappa shape index (κ2) is 8.30. The molecule has 0 bridgehead atoms. The number of carboxylic acids is 1. The van der Waals surface area contributed by atoms with Crippen molar-refractivity contribution < 1.29 is 19.7 Å². The number of benzene rings is 1. The summed E-state index contributed by atoms with van der Waals surface area (Å²) in [6, 6.07) is 10.5. The number of rotatable bonds is 6. The van der Waals surface area contributed by atoms with Crippen LogP contribution in [-0.2, 0) is 16.0 Å². The molecule has 0 aromatic heterocycles. The molecule has 0 unspecified atom stereocenters. The smallest absolute Gasteiger partial charge is 0.313 e. The van der Waals surface area contributed by atoms with Gasteiger partial charge in [0.15, 0.2) is 0 Å².